The Kier molecular flexibility index (Phi) is 4.54. The summed E-state index contributed by atoms with van der Waals surface area (Å²) in [7, 11) is 1.15. The van der Waals surface area contributed by atoms with Gasteiger partial charge in [-0.15, -0.1) is 0 Å². The molecule has 0 atom stereocenters. The minimum Gasteiger partial charge on any atom is -0.465 e. The molecule has 0 aliphatic rings. The molecule has 0 unspecified atom stereocenters. The molecular weight excluding hydrogens is 366 g/mol. The first-order valence-corrected chi connectivity index (χ1v) is 5.59. The fourth-order valence-corrected chi connectivity index (χ4v) is 1.53. The van der Waals surface area contributed by atoms with Crippen LogP contribution in [0, 0.1) is 3.57 Å². The molecule has 1 rings (SSSR count). The number of halogens is 4. The van der Waals surface area contributed by atoms with Crippen LogP contribution in [-0.2, 0) is 9.53 Å². The molecule has 1 N–H and O–H groups in total. The van der Waals surface area contributed by atoms with Crippen molar-refractivity contribution in [3.63, 3.8) is 0 Å². The largest absolute Gasteiger partial charge is 0.471 e. The molecule has 0 saturated carbocycles. The number of carbonyl (C=O) groups excluding carboxylic acids is 2. The smallest absolute Gasteiger partial charge is 0.465 e. The van der Waals surface area contributed by atoms with Crippen LogP contribution in [0.25, 0.3) is 0 Å². The average molecular weight is 373 g/mol. The summed E-state index contributed by atoms with van der Waals surface area (Å²) in [5.74, 6) is -2.80. The van der Waals surface area contributed by atoms with Gasteiger partial charge in [-0.1, -0.05) is 0 Å². The third kappa shape index (κ3) is 3.59. The zero-order valence-corrected chi connectivity index (χ0v) is 11.1. The second-order valence-electron chi connectivity index (χ2n) is 3.14. The van der Waals surface area contributed by atoms with E-state index in [1.54, 1.807) is 27.9 Å². The molecule has 1 aromatic rings. The molecule has 0 heterocycles. The van der Waals surface area contributed by atoms with Gasteiger partial charge in [-0.3, -0.25) is 4.79 Å². The number of carbonyl (C=O) groups is 2. The number of nitrogens with one attached hydrogen (secondary N) is 1. The predicted molar refractivity (Wildman–Crippen MR) is 65.2 cm³/mol. The third-order valence-corrected chi connectivity index (χ3v) is 2.83. The van der Waals surface area contributed by atoms with Crippen molar-refractivity contribution in [3.8, 4) is 0 Å². The van der Waals surface area contributed by atoms with Gasteiger partial charge in [0, 0.05) is 3.57 Å². The van der Waals surface area contributed by atoms with E-state index in [1.165, 1.54) is 12.1 Å². The van der Waals surface area contributed by atoms with Crippen molar-refractivity contribution in [1.29, 1.82) is 0 Å². The minimum absolute atomic E-state index is 0.0513. The van der Waals surface area contributed by atoms with Crippen molar-refractivity contribution in [2.75, 3.05) is 12.4 Å². The highest BCUT2D eigenvalue weighted by atomic mass is 127. The quantitative estimate of drug-likeness (QED) is 0.641. The first kappa shape index (κ1) is 14.7. The van der Waals surface area contributed by atoms with Gasteiger partial charge in [-0.25, -0.2) is 4.79 Å². The minimum atomic E-state index is -4.98. The van der Waals surface area contributed by atoms with Crippen LogP contribution < -0.4 is 5.32 Å². The molecule has 0 fully saturated rings. The van der Waals surface area contributed by atoms with E-state index in [9.17, 15) is 22.8 Å². The molecule has 8 heteroatoms. The molecule has 0 bridgehead atoms. The molecule has 98 valence electrons. The Morgan fingerprint density at radius 3 is 2.44 bits per heavy atom. The normalized spacial score (nSPS) is 10.9. The molecule has 0 aromatic heterocycles. The van der Waals surface area contributed by atoms with Crippen molar-refractivity contribution in [1.82, 2.24) is 0 Å². The van der Waals surface area contributed by atoms with Gasteiger partial charge in [-0.05, 0) is 40.8 Å². The molecular formula is C10H7F3INO3. The monoisotopic (exact) mass is 373 g/mol. The van der Waals surface area contributed by atoms with E-state index in [0.29, 0.717) is 3.57 Å². The number of benzene rings is 1. The highest BCUT2D eigenvalue weighted by molar-refractivity contribution is 14.1. The Labute approximate surface area is 114 Å². The lowest BCUT2D eigenvalue weighted by Gasteiger charge is -2.10. The maximum Gasteiger partial charge on any atom is 0.471 e. The second kappa shape index (κ2) is 5.55. The molecule has 0 aliphatic carbocycles. The van der Waals surface area contributed by atoms with Gasteiger partial charge in [0.25, 0.3) is 0 Å². The van der Waals surface area contributed by atoms with Crippen LogP contribution in [-0.4, -0.2) is 25.2 Å². The van der Waals surface area contributed by atoms with Crippen LogP contribution in [0.2, 0.25) is 0 Å². The van der Waals surface area contributed by atoms with Crippen LogP contribution in [0.4, 0.5) is 18.9 Å². The van der Waals surface area contributed by atoms with E-state index in [2.05, 4.69) is 4.74 Å². The Bertz CT molecular complexity index is 488. The van der Waals surface area contributed by atoms with Crippen LogP contribution in [0.15, 0.2) is 18.2 Å². The highest BCUT2D eigenvalue weighted by Crippen LogP contribution is 2.23. The predicted octanol–water partition coefficient (Wildman–Crippen LogP) is 2.58. The van der Waals surface area contributed by atoms with Crippen molar-refractivity contribution in [3.05, 3.63) is 27.3 Å². The molecule has 18 heavy (non-hydrogen) atoms. The van der Waals surface area contributed by atoms with E-state index in [-0.39, 0.29) is 11.3 Å². The summed E-state index contributed by atoms with van der Waals surface area (Å²) in [5, 5.41) is 1.69. The summed E-state index contributed by atoms with van der Waals surface area (Å²) in [6.45, 7) is 0. The summed E-state index contributed by atoms with van der Waals surface area (Å²) < 4.78 is 41.1. The third-order valence-electron chi connectivity index (χ3n) is 1.89. The standard InChI is InChI=1S/C10H7F3INO3/c1-18-8(16)5-2-3-6(14)7(4-5)15-9(17)10(11,12)13/h2-4H,1H3,(H,15,17). The fraction of sp³-hybridized carbons (Fsp3) is 0.200. The number of rotatable bonds is 2. The van der Waals surface area contributed by atoms with E-state index < -0.39 is 18.1 Å². The maximum absolute atomic E-state index is 12.1. The number of hydrogen-bond acceptors (Lipinski definition) is 3. The fourth-order valence-electron chi connectivity index (χ4n) is 1.06. The van der Waals surface area contributed by atoms with Gasteiger partial charge >= 0.3 is 18.1 Å². The molecule has 0 radical (unpaired) electrons. The lowest BCUT2D eigenvalue weighted by Crippen LogP contribution is -2.30. The van der Waals surface area contributed by atoms with E-state index in [4.69, 9.17) is 0 Å². The van der Waals surface area contributed by atoms with Crippen molar-refractivity contribution >= 4 is 40.2 Å². The zero-order valence-electron chi connectivity index (χ0n) is 8.97. The van der Waals surface area contributed by atoms with E-state index in [0.717, 1.165) is 13.2 Å². The number of hydrogen-bond donors (Lipinski definition) is 1. The number of alkyl halides is 3. The average Bonchev–Trinajstić information content (AvgIpc) is 2.29. The van der Waals surface area contributed by atoms with Crippen molar-refractivity contribution in [2.45, 2.75) is 6.18 Å². The topological polar surface area (TPSA) is 55.4 Å². The van der Waals surface area contributed by atoms with Crippen LogP contribution in [0.1, 0.15) is 10.4 Å². The zero-order chi connectivity index (χ0) is 13.9. The van der Waals surface area contributed by atoms with Crippen molar-refractivity contribution in [2.24, 2.45) is 0 Å². The Hall–Kier alpha value is -1.32. The number of esters is 1. The number of anilines is 1. The molecule has 4 nitrogen and oxygen atoms in total. The SMILES string of the molecule is COC(=O)c1ccc(I)c(NC(=O)C(F)(F)F)c1. The Morgan fingerprint density at radius 2 is 1.94 bits per heavy atom. The van der Waals surface area contributed by atoms with Gasteiger partial charge in [0.15, 0.2) is 0 Å². The molecule has 1 aromatic carbocycles. The summed E-state index contributed by atoms with van der Waals surface area (Å²) in [4.78, 5) is 22.0. The summed E-state index contributed by atoms with van der Waals surface area (Å²) in [6, 6.07) is 3.91. The number of amides is 1. The molecule has 0 spiro atoms. The van der Waals surface area contributed by atoms with Gasteiger partial charge in [0.1, 0.15) is 0 Å². The Balaban J connectivity index is 3.02. The van der Waals surface area contributed by atoms with Gasteiger partial charge in [0.05, 0.1) is 18.4 Å². The first-order valence-electron chi connectivity index (χ1n) is 4.51. The highest BCUT2D eigenvalue weighted by Gasteiger charge is 2.39. The van der Waals surface area contributed by atoms with Gasteiger partial charge in [-0.2, -0.15) is 13.2 Å². The maximum atomic E-state index is 12.1. The summed E-state index contributed by atoms with van der Waals surface area (Å²) in [5.41, 5.74) is -0.0452. The molecule has 1 amide bonds. The van der Waals surface area contributed by atoms with Crippen LogP contribution in [0.5, 0.6) is 0 Å². The van der Waals surface area contributed by atoms with Gasteiger partial charge in [0.2, 0.25) is 0 Å². The first-order chi connectivity index (χ1) is 8.25. The molecule has 0 aliphatic heterocycles. The van der Waals surface area contributed by atoms with Gasteiger partial charge < -0.3 is 10.1 Å². The number of ether oxygens (including phenoxy) is 1. The van der Waals surface area contributed by atoms with Crippen LogP contribution in [0.3, 0.4) is 0 Å². The van der Waals surface area contributed by atoms with E-state index >= 15 is 0 Å². The van der Waals surface area contributed by atoms with Crippen molar-refractivity contribution < 1.29 is 27.5 Å². The summed E-state index contributed by atoms with van der Waals surface area (Å²) >= 11 is 1.74. The second-order valence-corrected chi connectivity index (χ2v) is 4.30. The summed E-state index contributed by atoms with van der Waals surface area (Å²) in [6.07, 6.45) is -4.98. The van der Waals surface area contributed by atoms with E-state index in [1.807, 2.05) is 0 Å². The molecule has 0 saturated heterocycles. The number of methoxy groups -OCH3 is 1. The lowest BCUT2D eigenvalue weighted by atomic mass is 10.2. The Morgan fingerprint density at radius 1 is 1.33 bits per heavy atom. The van der Waals surface area contributed by atoms with Crippen LogP contribution >= 0.6 is 22.6 Å². The lowest BCUT2D eigenvalue weighted by molar-refractivity contribution is -0.167.